The number of hydrogen-bond donors (Lipinski definition) is 3. The van der Waals surface area contributed by atoms with E-state index in [-0.39, 0.29) is 0 Å². The molecule has 128 valence electrons. The number of carbonyl (C=O) groups is 1. The Bertz CT molecular complexity index is 709. The summed E-state index contributed by atoms with van der Waals surface area (Å²) in [5.41, 5.74) is 6.77. The molecular weight excluding hydrogens is 320 g/mol. The first-order chi connectivity index (χ1) is 11.6. The number of guanidine groups is 1. The van der Waals surface area contributed by atoms with Crippen molar-refractivity contribution in [2.75, 3.05) is 6.54 Å². The summed E-state index contributed by atoms with van der Waals surface area (Å²) < 4.78 is 0. The van der Waals surface area contributed by atoms with E-state index < -0.39 is 5.91 Å². The van der Waals surface area contributed by atoms with Gasteiger partial charge in [0.15, 0.2) is 5.96 Å². The largest absolute Gasteiger partial charge is 0.366 e. The molecule has 1 amide bonds. The van der Waals surface area contributed by atoms with Gasteiger partial charge >= 0.3 is 0 Å². The molecule has 1 aromatic carbocycles. The zero-order chi connectivity index (χ0) is 17.4. The zero-order valence-electron chi connectivity index (χ0n) is 14.1. The molecule has 2 rings (SSSR count). The number of carbonyl (C=O) groups excluding carboxylic acids is 1. The fraction of sp³-hybridized carbons (Fsp3) is 0.333. The molecule has 0 aliphatic carbocycles. The van der Waals surface area contributed by atoms with E-state index in [9.17, 15) is 4.79 Å². The van der Waals surface area contributed by atoms with E-state index in [1.807, 2.05) is 30.4 Å². The van der Waals surface area contributed by atoms with E-state index in [2.05, 4.69) is 34.7 Å². The normalized spacial score (nSPS) is 11.3. The van der Waals surface area contributed by atoms with Crippen LogP contribution in [0.1, 0.15) is 39.5 Å². The lowest BCUT2D eigenvalue weighted by atomic mass is 10.1. The minimum Gasteiger partial charge on any atom is -0.366 e. The van der Waals surface area contributed by atoms with Crippen LogP contribution in [0.5, 0.6) is 0 Å². The molecule has 0 atom stereocenters. The highest BCUT2D eigenvalue weighted by molar-refractivity contribution is 7.11. The SMILES string of the molecule is CCNC(=NCc1cccc(C(N)=O)c1)NCc1ccc(CC)s1. The standard InChI is InChI=1S/C18H24N4OS/c1-3-15-8-9-16(24-15)12-22-18(20-4-2)21-11-13-6-5-7-14(10-13)17(19)23/h5-10H,3-4,11-12H2,1-2H3,(H2,19,23)(H2,20,21,22). The van der Waals surface area contributed by atoms with Crippen LogP contribution in [0.15, 0.2) is 41.4 Å². The van der Waals surface area contributed by atoms with Gasteiger partial charge in [0.2, 0.25) is 5.91 Å². The summed E-state index contributed by atoms with van der Waals surface area (Å²) in [6.07, 6.45) is 1.06. The first-order valence-electron chi connectivity index (χ1n) is 8.10. The molecule has 0 spiro atoms. The van der Waals surface area contributed by atoms with Crippen molar-refractivity contribution < 1.29 is 4.79 Å². The lowest BCUT2D eigenvalue weighted by Crippen LogP contribution is -2.36. The van der Waals surface area contributed by atoms with Crippen LogP contribution >= 0.6 is 11.3 Å². The number of primary amides is 1. The Morgan fingerprint density at radius 3 is 2.62 bits per heavy atom. The van der Waals surface area contributed by atoms with Crippen LogP contribution < -0.4 is 16.4 Å². The molecule has 0 saturated heterocycles. The lowest BCUT2D eigenvalue weighted by Gasteiger charge is -2.10. The molecule has 0 bridgehead atoms. The van der Waals surface area contributed by atoms with Gasteiger partial charge < -0.3 is 16.4 Å². The summed E-state index contributed by atoms with van der Waals surface area (Å²) >= 11 is 1.82. The van der Waals surface area contributed by atoms with E-state index in [0.717, 1.165) is 31.0 Å². The van der Waals surface area contributed by atoms with Gasteiger partial charge in [0, 0.05) is 21.9 Å². The van der Waals surface area contributed by atoms with Crippen molar-refractivity contribution >= 4 is 23.2 Å². The molecule has 6 heteroatoms. The third-order valence-electron chi connectivity index (χ3n) is 3.47. The molecule has 0 fully saturated rings. The number of rotatable bonds is 7. The first kappa shape index (κ1) is 18.0. The highest BCUT2D eigenvalue weighted by atomic mass is 32.1. The highest BCUT2D eigenvalue weighted by Gasteiger charge is 2.03. The van der Waals surface area contributed by atoms with Crippen LogP contribution in [0.25, 0.3) is 0 Å². The number of nitrogens with zero attached hydrogens (tertiary/aromatic N) is 1. The van der Waals surface area contributed by atoms with Crippen molar-refractivity contribution in [2.24, 2.45) is 10.7 Å². The maximum Gasteiger partial charge on any atom is 0.248 e. The van der Waals surface area contributed by atoms with E-state index in [1.165, 1.54) is 9.75 Å². The fourth-order valence-electron chi connectivity index (χ4n) is 2.21. The van der Waals surface area contributed by atoms with Gasteiger partial charge in [-0.25, -0.2) is 4.99 Å². The summed E-state index contributed by atoms with van der Waals surface area (Å²) in [4.78, 5) is 18.5. The molecule has 4 N–H and O–H groups in total. The Balaban J connectivity index is 1.99. The van der Waals surface area contributed by atoms with Gasteiger partial charge in [-0.15, -0.1) is 11.3 Å². The summed E-state index contributed by atoms with van der Waals surface area (Å²) in [6.45, 7) is 6.22. The van der Waals surface area contributed by atoms with Gasteiger partial charge in [0.25, 0.3) is 0 Å². The quantitative estimate of drug-likeness (QED) is 0.534. The molecule has 5 nitrogen and oxygen atoms in total. The Morgan fingerprint density at radius 2 is 1.96 bits per heavy atom. The number of nitrogens with two attached hydrogens (primary N) is 1. The van der Waals surface area contributed by atoms with Crippen LogP contribution in [0.3, 0.4) is 0 Å². The van der Waals surface area contributed by atoms with Gasteiger partial charge in [0.1, 0.15) is 0 Å². The third-order valence-corrected chi connectivity index (χ3v) is 4.70. The summed E-state index contributed by atoms with van der Waals surface area (Å²) in [6, 6.07) is 11.6. The first-order valence-corrected chi connectivity index (χ1v) is 8.92. The maximum atomic E-state index is 11.2. The molecule has 1 heterocycles. The Morgan fingerprint density at radius 1 is 1.17 bits per heavy atom. The third kappa shape index (κ3) is 5.38. The summed E-state index contributed by atoms with van der Waals surface area (Å²) in [7, 11) is 0. The maximum absolute atomic E-state index is 11.2. The number of aliphatic imine (C=N–C) groups is 1. The number of aryl methyl sites for hydroxylation is 1. The molecular formula is C18H24N4OS. The monoisotopic (exact) mass is 344 g/mol. The van der Waals surface area contributed by atoms with E-state index in [4.69, 9.17) is 5.73 Å². The van der Waals surface area contributed by atoms with Crippen LogP contribution in [0.2, 0.25) is 0 Å². The van der Waals surface area contributed by atoms with Crippen LogP contribution in [0.4, 0.5) is 0 Å². The summed E-state index contributed by atoms with van der Waals surface area (Å²) in [5, 5.41) is 6.57. The molecule has 0 unspecified atom stereocenters. The minimum absolute atomic E-state index is 0.421. The van der Waals surface area contributed by atoms with Gasteiger partial charge in [-0.1, -0.05) is 19.1 Å². The molecule has 0 aliphatic rings. The zero-order valence-corrected chi connectivity index (χ0v) is 15.0. The Hall–Kier alpha value is -2.34. The molecule has 0 radical (unpaired) electrons. The molecule has 0 saturated carbocycles. The summed E-state index contributed by atoms with van der Waals surface area (Å²) in [5.74, 6) is 0.337. The van der Waals surface area contributed by atoms with Crippen molar-refractivity contribution in [1.29, 1.82) is 0 Å². The van der Waals surface area contributed by atoms with Gasteiger partial charge in [-0.2, -0.15) is 0 Å². The molecule has 2 aromatic rings. The van der Waals surface area contributed by atoms with E-state index >= 15 is 0 Å². The molecule has 24 heavy (non-hydrogen) atoms. The van der Waals surface area contributed by atoms with E-state index in [1.54, 1.807) is 12.1 Å². The van der Waals surface area contributed by atoms with Gasteiger partial charge in [-0.3, -0.25) is 4.79 Å². The second-order valence-electron chi connectivity index (χ2n) is 5.33. The lowest BCUT2D eigenvalue weighted by molar-refractivity contribution is 0.1000. The van der Waals surface area contributed by atoms with Crippen LogP contribution in [-0.4, -0.2) is 18.4 Å². The van der Waals surface area contributed by atoms with Crippen LogP contribution in [0, 0.1) is 0 Å². The average molecular weight is 344 g/mol. The van der Waals surface area contributed by atoms with Crippen molar-refractivity contribution in [3.05, 3.63) is 57.3 Å². The second kappa shape index (κ2) is 9.08. The fourth-order valence-corrected chi connectivity index (χ4v) is 3.11. The second-order valence-corrected chi connectivity index (χ2v) is 6.59. The average Bonchev–Trinajstić information content (AvgIpc) is 3.05. The van der Waals surface area contributed by atoms with Crippen LogP contribution in [-0.2, 0) is 19.5 Å². The van der Waals surface area contributed by atoms with Crippen molar-refractivity contribution in [1.82, 2.24) is 10.6 Å². The number of benzene rings is 1. The van der Waals surface area contributed by atoms with Crippen molar-refractivity contribution in [3.63, 3.8) is 0 Å². The molecule has 0 aliphatic heterocycles. The van der Waals surface area contributed by atoms with E-state index in [0.29, 0.717) is 12.1 Å². The highest BCUT2D eigenvalue weighted by Crippen LogP contribution is 2.16. The van der Waals surface area contributed by atoms with Gasteiger partial charge in [-0.05, 0) is 43.2 Å². The number of thiophene rings is 1. The minimum atomic E-state index is -0.421. The predicted octanol–water partition coefficient (Wildman–Crippen LogP) is 2.66. The predicted molar refractivity (Wildman–Crippen MR) is 100 cm³/mol. The topological polar surface area (TPSA) is 79.5 Å². The van der Waals surface area contributed by atoms with Crippen molar-refractivity contribution in [2.45, 2.75) is 33.4 Å². The number of amides is 1. The Kier molecular flexibility index (Phi) is 6.81. The van der Waals surface area contributed by atoms with Gasteiger partial charge in [0.05, 0.1) is 13.1 Å². The smallest absolute Gasteiger partial charge is 0.248 e. The molecule has 1 aromatic heterocycles. The van der Waals surface area contributed by atoms with Crippen molar-refractivity contribution in [3.8, 4) is 0 Å². The Labute approximate surface area is 147 Å². The number of nitrogens with one attached hydrogen (secondary N) is 2. The number of hydrogen-bond acceptors (Lipinski definition) is 3.